The van der Waals surface area contributed by atoms with E-state index in [1.54, 1.807) is 12.1 Å². The molecule has 2 aromatic rings. The number of anilines is 2. The lowest BCUT2D eigenvalue weighted by Crippen LogP contribution is -2.37. The third kappa shape index (κ3) is 5.77. The molecule has 0 saturated carbocycles. The zero-order chi connectivity index (χ0) is 19.3. The highest BCUT2D eigenvalue weighted by Gasteiger charge is 2.21. The van der Waals surface area contributed by atoms with Crippen molar-refractivity contribution in [3.8, 4) is 0 Å². The van der Waals surface area contributed by atoms with Gasteiger partial charge < -0.3 is 10.6 Å². The van der Waals surface area contributed by atoms with Crippen LogP contribution in [0.3, 0.4) is 0 Å². The summed E-state index contributed by atoms with van der Waals surface area (Å²) in [5.41, 5.74) is 2.75. The lowest BCUT2D eigenvalue weighted by atomic mass is 10.0. The summed E-state index contributed by atoms with van der Waals surface area (Å²) in [4.78, 5) is 12.7. The van der Waals surface area contributed by atoms with E-state index in [-0.39, 0.29) is 11.9 Å². The van der Waals surface area contributed by atoms with Crippen LogP contribution in [0.25, 0.3) is 0 Å². The first-order valence-electron chi connectivity index (χ1n) is 8.36. The molecular weight excluding hydrogens is 350 g/mol. The number of amides is 1. The SMILES string of the molecule is Cc1ccc(NC(C(=O)NC(C)C)c2ccccc2)cc1NS(C)(=O)=O. The quantitative estimate of drug-likeness (QED) is 0.694. The fourth-order valence-electron chi connectivity index (χ4n) is 2.50. The van der Waals surface area contributed by atoms with Crippen molar-refractivity contribution in [2.24, 2.45) is 0 Å². The van der Waals surface area contributed by atoms with Crippen molar-refractivity contribution in [2.45, 2.75) is 32.9 Å². The normalized spacial score (nSPS) is 12.5. The van der Waals surface area contributed by atoms with Gasteiger partial charge in [-0.15, -0.1) is 0 Å². The minimum Gasteiger partial charge on any atom is -0.370 e. The molecule has 0 aliphatic carbocycles. The zero-order valence-electron chi connectivity index (χ0n) is 15.4. The number of benzene rings is 2. The molecule has 2 rings (SSSR count). The fourth-order valence-corrected chi connectivity index (χ4v) is 3.12. The van der Waals surface area contributed by atoms with Gasteiger partial charge in [-0.05, 0) is 44.0 Å². The van der Waals surface area contributed by atoms with Crippen LogP contribution < -0.4 is 15.4 Å². The topological polar surface area (TPSA) is 87.3 Å². The van der Waals surface area contributed by atoms with E-state index in [1.807, 2.05) is 57.2 Å². The summed E-state index contributed by atoms with van der Waals surface area (Å²) in [6.07, 6.45) is 1.11. The number of hydrogen-bond donors (Lipinski definition) is 3. The van der Waals surface area contributed by atoms with Crippen molar-refractivity contribution in [2.75, 3.05) is 16.3 Å². The van der Waals surface area contributed by atoms with Crippen LogP contribution in [-0.4, -0.2) is 26.6 Å². The van der Waals surface area contributed by atoms with Gasteiger partial charge in [0.15, 0.2) is 0 Å². The van der Waals surface area contributed by atoms with E-state index in [0.29, 0.717) is 11.4 Å². The molecule has 1 atom stereocenters. The Balaban J connectivity index is 2.33. The standard InChI is InChI=1S/C19H25N3O3S/c1-13(2)20-19(23)18(15-8-6-5-7-9-15)21-16-11-10-14(3)17(12-16)22-26(4,24)25/h5-13,18,21-22H,1-4H3,(H,20,23). The van der Waals surface area contributed by atoms with Gasteiger partial charge in [-0.3, -0.25) is 9.52 Å². The first kappa shape index (κ1) is 19.8. The highest BCUT2D eigenvalue weighted by molar-refractivity contribution is 7.92. The van der Waals surface area contributed by atoms with Gasteiger partial charge in [0, 0.05) is 11.7 Å². The average molecular weight is 375 g/mol. The Kier molecular flexibility index (Phi) is 6.26. The van der Waals surface area contributed by atoms with Crippen molar-refractivity contribution in [3.63, 3.8) is 0 Å². The molecule has 0 spiro atoms. The molecule has 7 heteroatoms. The molecule has 2 aromatic carbocycles. The van der Waals surface area contributed by atoms with Crippen molar-refractivity contribution >= 4 is 27.3 Å². The molecule has 3 N–H and O–H groups in total. The average Bonchev–Trinajstić information content (AvgIpc) is 2.54. The van der Waals surface area contributed by atoms with Crippen LogP contribution >= 0.6 is 0 Å². The minimum absolute atomic E-state index is 0.0102. The smallest absolute Gasteiger partial charge is 0.247 e. The molecule has 0 fully saturated rings. The van der Waals surface area contributed by atoms with Crippen LogP contribution in [-0.2, 0) is 14.8 Å². The van der Waals surface area contributed by atoms with E-state index < -0.39 is 16.1 Å². The maximum absolute atomic E-state index is 12.7. The van der Waals surface area contributed by atoms with Gasteiger partial charge in [-0.2, -0.15) is 0 Å². The van der Waals surface area contributed by atoms with Gasteiger partial charge in [0.05, 0.1) is 11.9 Å². The summed E-state index contributed by atoms with van der Waals surface area (Å²) >= 11 is 0. The predicted octanol–water partition coefficient (Wildman–Crippen LogP) is 3.04. The predicted molar refractivity (Wildman–Crippen MR) is 106 cm³/mol. The molecule has 140 valence electrons. The van der Waals surface area contributed by atoms with Gasteiger partial charge in [0.2, 0.25) is 15.9 Å². The summed E-state index contributed by atoms with van der Waals surface area (Å²) in [6, 6.07) is 14.1. The molecule has 0 heterocycles. The summed E-state index contributed by atoms with van der Waals surface area (Å²) < 4.78 is 25.6. The van der Waals surface area contributed by atoms with Gasteiger partial charge >= 0.3 is 0 Å². The van der Waals surface area contributed by atoms with Crippen LogP contribution in [0.15, 0.2) is 48.5 Å². The van der Waals surface area contributed by atoms with Crippen LogP contribution in [0, 0.1) is 6.92 Å². The summed E-state index contributed by atoms with van der Waals surface area (Å²) in [7, 11) is -3.39. The molecule has 26 heavy (non-hydrogen) atoms. The molecule has 6 nitrogen and oxygen atoms in total. The highest BCUT2D eigenvalue weighted by atomic mass is 32.2. The van der Waals surface area contributed by atoms with E-state index in [9.17, 15) is 13.2 Å². The molecule has 0 aromatic heterocycles. The molecule has 0 aliphatic heterocycles. The van der Waals surface area contributed by atoms with Gasteiger partial charge in [0.1, 0.15) is 6.04 Å². The number of nitrogens with one attached hydrogen (secondary N) is 3. The Morgan fingerprint density at radius 3 is 2.27 bits per heavy atom. The summed E-state index contributed by atoms with van der Waals surface area (Å²) in [5, 5.41) is 6.12. The highest BCUT2D eigenvalue weighted by Crippen LogP contribution is 2.25. The third-order valence-electron chi connectivity index (χ3n) is 3.67. The number of hydrogen-bond acceptors (Lipinski definition) is 4. The second-order valence-electron chi connectivity index (χ2n) is 6.56. The maximum atomic E-state index is 12.7. The number of aryl methyl sites for hydroxylation is 1. The number of carbonyl (C=O) groups is 1. The van der Waals surface area contributed by atoms with E-state index in [0.717, 1.165) is 17.4 Å². The summed E-state index contributed by atoms with van der Waals surface area (Å²) in [6.45, 7) is 5.62. The third-order valence-corrected chi connectivity index (χ3v) is 4.26. The lowest BCUT2D eigenvalue weighted by molar-refractivity contribution is -0.122. The molecule has 1 unspecified atom stereocenters. The fraction of sp³-hybridized carbons (Fsp3) is 0.316. The monoisotopic (exact) mass is 375 g/mol. The largest absolute Gasteiger partial charge is 0.370 e. The van der Waals surface area contributed by atoms with Crippen molar-refractivity contribution in [1.82, 2.24) is 5.32 Å². The van der Waals surface area contributed by atoms with E-state index >= 15 is 0 Å². The summed E-state index contributed by atoms with van der Waals surface area (Å²) in [5.74, 6) is -0.149. The molecule has 1 amide bonds. The van der Waals surface area contributed by atoms with E-state index in [4.69, 9.17) is 0 Å². The Labute approximate surface area is 155 Å². The first-order valence-corrected chi connectivity index (χ1v) is 10.2. The van der Waals surface area contributed by atoms with Crippen LogP contribution in [0.5, 0.6) is 0 Å². The molecule has 0 bridgehead atoms. The molecule has 0 saturated heterocycles. The van der Waals surface area contributed by atoms with Crippen molar-refractivity contribution < 1.29 is 13.2 Å². The number of carbonyl (C=O) groups excluding carboxylic acids is 1. The second-order valence-corrected chi connectivity index (χ2v) is 8.30. The zero-order valence-corrected chi connectivity index (χ0v) is 16.2. The van der Waals surface area contributed by atoms with Gasteiger partial charge in [-0.1, -0.05) is 36.4 Å². The Morgan fingerprint density at radius 1 is 1.04 bits per heavy atom. The number of sulfonamides is 1. The Morgan fingerprint density at radius 2 is 1.69 bits per heavy atom. The molecule has 0 radical (unpaired) electrons. The van der Waals surface area contributed by atoms with Gasteiger partial charge in [0.25, 0.3) is 0 Å². The van der Waals surface area contributed by atoms with Gasteiger partial charge in [-0.25, -0.2) is 8.42 Å². The second kappa shape index (κ2) is 8.23. The Bertz CT molecular complexity index is 865. The molecule has 0 aliphatic rings. The molecular formula is C19H25N3O3S. The first-order chi connectivity index (χ1) is 12.2. The van der Waals surface area contributed by atoms with E-state index in [1.165, 1.54) is 0 Å². The number of rotatable bonds is 7. The minimum atomic E-state index is -3.39. The lowest BCUT2D eigenvalue weighted by Gasteiger charge is -2.22. The van der Waals surface area contributed by atoms with Crippen LogP contribution in [0.1, 0.15) is 31.0 Å². The van der Waals surface area contributed by atoms with Crippen molar-refractivity contribution in [3.05, 3.63) is 59.7 Å². The maximum Gasteiger partial charge on any atom is 0.247 e. The van der Waals surface area contributed by atoms with Crippen molar-refractivity contribution in [1.29, 1.82) is 0 Å². The van der Waals surface area contributed by atoms with E-state index in [2.05, 4.69) is 15.4 Å². The Hall–Kier alpha value is -2.54. The van der Waals surface area contributed by atoms with Crippen LogP contribution in [0.4, 0.5) is 11.4 Å². The van der Waals surface area contributed by atoms with Crippen LogP contribution in [0.2, 0.25) is 0 Å².